The van der Waals surface area contributed by atoms with Crippen molar-refractivity contribution in [3.05, 3.63) is 35.9 Å². The van der Waals surface area contributed by atoms with E-state index in [4.69, 9.17) is 4.79 Å². The van der Waals surface area contributed by atoms with E-state index >= 15 is 0 Å². The summed E-state index contributed by atoms with van der Waals surface area (Å²) >= 11 is 0. The van der Waals surface area contributed by atoms with Gasteiger partial charge in [0.25, 0.3) is 0 Å². The zero-order chi connectivity index (χ0) is 8.53. The topological polar surface area (TPSA) is 37.0 Å². The fraction of sp³-hybridized carbons (Fsp3) is 0.222. The summed E-state index contributed by atoms with van der Waals surface area (Å²) in [6.45, 7) is 1.33. The zero-order valence-corrected chi connectivity index (χ0v) is 6.49. The van der Waals surface area contributed by atoms with E-state index in [1.807, 2.05) is 30.3 Å². The SMILES string of the molecule is CC=O.[O]Cc1ccccc1. The first-order chi connectivity index (χ1) is 5.35. The Kier molecular flexibility index (Phi) is 6.24. The van der Waals surface area contributed by atoms with Gasteiger partial charge < -0.3 is 4.79 Å². The molecule has 1 aromatic rings. The molecule has 0 bridgehead atoms. The Morgan fingerprint density at radius 1 is 1.27 bits per heavy atom. The molecule has 0 fully saturated rings. The molecule has 59 valence electrons. The van der Waals surface area contributed by atoms with E-state index in [0.717, 1.165) is 11.8 Å². The lowest BCUT2D eigenvalue weighted by Crippen LogP contribution is -1.75. The van der Waals surface area contributed by atoms with Crippen molar-refractivity contribution in [3.8, 4) is 0 Å². The highest BCUT2D eigenvalue weighted by Gasteiger charge is 1.82. The van der Waals surface area contributed by atoms with Gasteiger partial charge in [-0.25, -0.2) is 5.11 Å². The summed E-state index contributed by atoms with van der Waals surface area (Å²) < 4.78 is 0. The van der Waals surface area contributed by atoms with Gasteiger partial charge in [-0.3, -0.25) is 0 Å². The maximum absolute atomic E-state index is 10.1. The summed E-state index contributed by atoms with van der Waals surface area (Å²) in [6.07, 6.45) is 0.750. The third-order valence-corrected chi connectivity index (χ3v) is 1.01. The van der Waals surface area contributed by atoms with E-state index in [-0.39, 0.29) is 6.61 Å². The van der Waals surface area contributed by atoms with E-state index in [2.05, 4.69) is 0 Å². The minimum Gasteiger partial charge on any atom is -0.304 e. The maximum atomic E-state index is 10.1. The summed E-state index contributed by atoms with van der Waals surface area (Å²) in [5.74, 6) is 0. The van der Waals surface area contributed by atoms with Crippen LogP contribution in [0.1, 0.15) is 12.5 Å². The van der Waals surface area contributed by atoms with Gasteiger partial charge in [0.15, 0.2) is 0 Å². The van der Waals surface area contributed by atoms with Crippen LogP contribution in [0.15, 0.2) is 30.3 Å². The highest BCUT2D eigenvalue weighted by Crippen LogP contribution is 1.95. The fourth-order valence-electron chi connectivity index (χ4n) is 0.574. The van der Waals surface area contributed by atoms with Crippen LogP contribution < -0.4 is 0 Å². The molecule has 0 aromatic heterocycles. The number of aldehydes is 1. The third-order valence-electron chi connectivity index (χ3n) is 1.01. The second kappa shape index (κ2) is 6.96. The second-order valence-corrected chi connectivity index (χ2v) is 1.87. The highest BCUT2D eigenvalue weighted by molar-refractivity contribution is 5.44. The average Bonchev–Trinajstić information content (AvgIpc) is 2.08. The van der Waals surface area contributed by atoms with Crippen LogP contribution in [0.3, 0.4) is 0 Å². The Hall–Kier alpha value is -1.15. The van der Waals surface area contributed by atoms with Crippen LogP contribution in [0.5, 0.6) is 0 Å². The molecule has 2 nitrogen and oxygen atoms in total. The van der Waals surface area contributed by atoms with E-state index in [9.17, 15) is 5.11 Å². The molecule has 0 aliphatic rings. The van der Waals surface area contributed by atoms with Crippen molar-refractivity contribution in [1.82, 2.24) is 0 Å². The molecule has 11 heavy (non-hydrogen) atoms. The summed E-state index contributed by atoms with van der Waals surface area (Å²) in [5.41, 5.74) is 0.854. The van der Waals surface area contributed by atoms with Crippen LogP contribution in [0, 0.1) is 0 Å². The smallest absolute Gasteiger partial charge is 0.116 e. The summed E-state index contributed by atoms with van der Waals surface area (Å²) in [6, 6.07) is 9.29. The van der Waals surface area contributed by atoms with Crippen molar-refractivity contribution in [2.75, 3.05) is 0 Å². The quantitative estimate of drug-likeness (QED) is 0.564. The molecule has 0 aliphatic carbocycles. The minimum atomic E-state index is -0.110. The molecule has 1 aromatic carbocycles. The van der Waals surface area contributed by atoms with Crippen LogP contribution in [-0.4, -0.2) is 6.29 Å². The van der Waals surface area contributed by atoms with Gasteiger partial charge in [-0.05, 0) is 12.5 Å². The fourth-order valence-corrected chi connectivity index (χ4v) is 0.574. The largest absolute Gasteiger partial charge is 0.304 e. The molecule has 0 amide bonds. The summed E-state index contributed by atoms with van der Waals surface area (Å²) in [7, 11) is 0. The molecular formula is C9H11O2. The van der Waals surface area contributed by atoms with Gasteiger partial charge >= 0.3 is 0 Å². The van der Waals surface area contributed by atoms with Gasteiger partial charge in [0.1, 0.15) is 12.9 Å². The second-order valence-electron chi connectivity index (χ2n) is 1.87. The lowest BCUT2D eigenvalue weighted by Gasteiger charge is -1.87. The van der Waals surface area contributed by atoms with Crippen molar-refractivity contribution >= 4 is 6.29 Å². The first kappa shape index (κ1) is 9.85. The Morgan fingerprint density at radius 3 is 2.00 bits per heavy atom. The summed E-state index contributed by atoms with van der Waals surface area (Å²) in [4.78, 5) is 8.81. The molecule has 0 unspecified atom stereocenters. The number of hydrogen-bond acceptors (Lipinski definition) is 1. The van der Waals surface area contributed by atoms with Crippen molar-refractivity contribution < 1.29 is 9.90 Å². The van der Waals surface area contributed by atoms with E-state index in [1.54, 1.807) is 0 Å². The first-order valence-electron chi connectivity index (χ1n) is 3.37. The Morgan fingerprint density at radius 2 is 1.73 bits per heavy atom. The molecule has 2 heteroatoms. The number of carbonyl (C=O) groups excluding carboxylic acids is 1. The molecule has 0 atom stereocenters. The number of carbonyl (C=O) groups is 1. The lowest BCUT2D eigenvalue weighted by molar-refractivity contribution is -0.106. The molecule has 1 rings (SSSR count). The van der Waals surface area contributed by atoms with Gasteiger partial charge in [-0.2, -0.15) is 0 Å². The van der Waals surface area contributed by atoms with Crippen LogP contribution >= 0.6 is 0 Å². The molecule has 1 radical (unpaired) electrons. The Labute approximate surface area is 66.5 Å². The number of rotatable bonds is 1. The first-order valence-corrected chi connectivity index (χ1v) is 3.37. The van der Waals surface area contributed by atoms with Crippen LogP contribution in [-0.2, 0) is 16.5 Å². The molecule has 0 aliphatic heterocycles. The van der Waals surface area contributed by atoms with E-state index < -0.39 is 0 Å². The van der Waals surface area contributed by atoms with Crippen LogP contribution in [0.25, 0.3) is 0 Å². The normalized spacial score (nSPS) is 7.82. The minimum absolute atomic E-state index is 0.110. The van der Waals surface area contributed by atoms with Crippen LogP contribution in [0.2, 0.25) is 0 Å². The van der Waals surface area contributed by atoms with Gasteiger partial charge in [-0.15, -0.1) is 0 Å². The number of hydrogen-bond donors (Lipinski definition) is 0. The third kappa shape index (κ3) is 5.30. The van der Waals surface area contributed by atoms with Gasteiger partial charge in [-0.1, -0.05) is 30.3 Å². The Bertz CT molecular complexity index is 182. The lowest BCUT2D eigenvalue weighted by atomic mass is 10.2. The predicted octanol–water partition coefficient (Wildman–Crippen LogP) is 1.82. The Balaban J connectivity index is 0.000000292. The van der Waals surface area contributed by atoms with Crippen LogP contribution in [0.4, 0.5) is 0 Å². The molecule has 0 N–H and O–H groups in total. The van der Waals surface area contributed by atoms with E-state index in [1.165, 1.54) is 6.92 Å². The molecule has 0 saturated heterocycles. The zero-order valence-electron chi connectivity index (χ0n) is 6.49. The molecule has 0 saturated carbocycles. The van der Waals surface area contributed by atoms with Crippen molar-refractivity contribution in [2.45, 2.75) is 13.5 Å². The van der Waals surface area contributed by atoms with Gasteiger partial charge in [0, 0.05) is 0 Å². The maximum Gasteiger partial charge on any atom is 0.116 e. The van der Waals surface area contributed by atoms with Gasteiger partial charge in [0.05, 0.1) is 0 Å². The monoisotopic (exact) mass is 151 g/mol. The standard InChI is InChI=1S/C7H7O.C2H4O/c8-6-7-4-2-1-3-5-7;1-2-3/h1-5H,6H2;2H,1H3. The summed E-state index contributed by atoms with van der Waals surface area (Å²) in [5, 5.41) is 10.1. The van der Waals surface area contributed by atoms with Crippen molar-refractivity contribution in [3.63, 3.8) is 0 Å². The molecule has 0 heterocycles. The number of benzene rings is 1. The predicted molar refractivity (Wildman–Crippen MR) is 42.6 cm³/mol. The highest BCUT2D eigenvalue weighted by atomic mass is 16.3. The van der Waals surface area contributed by atoms with Crippen molar-refractivity contribution in [1.29, 1.82) is 0 Å². The molecular weight excluding hydrogens is 140 g/mol. The molecule has 0 spiro atoms. The van der Waals surface area contributed by atoms with Gasteiger partial charge in [0.2, 0.25) is 0 Å². The average molecular weight is 151 g/mol. The van der Waals surface area contributed by atoms with Crippen molar-refractivity contribution in [2.24, 2.45) is 0 Å². The van der Waals surface area contributed by atoms with E-state index in [0.29, 0.717) is 0 Å².